The van der Waals surface area contributed by atoms with Crippen molar-refractivity contribution in [1.29, 1.82) is 0 Å². The highest BCUT2D eigenvalue weighted by Gasteiger charge is 2.20. The Morgan fingerprint density at radius 1 is 1.36 bits per heavy atom. The second kappa shape index (κ2) is 3.63. The molecule has 0 atom stereocenters. The lowest BCUT2D eigenvalue weighted by Gasteiger charge is -2.04. The van der Waals surface area contributed by atoms with Gasteiger partial charge in [0.15, 0.2) is 0 Å². The van der Waals surface area contributed by atoms with E-state index in [0.29, 0.717) is 5.69 Å². The van der Waals surface area contributed by atoms with E-state index in [2.05, 4.69) is 4.98 Å². The van der Waals surface area contributed by atoms with Gasteiger partial charge in [0.05, 0.1) is 5.56 Å². The van der Waals surface area contributed by atoms with Gasteiger partial charge in [-0.2, -0.15) is 0 Å². The molecule has 6 heteroatoms. The predicted octanol–water partition coefficient (Wildman–Crippen LogP) is 1.44. The molecule has 0 saturated carbocycles. The number of aromatic carboxylic acids is 2. The number of halogens is 1. The number of carboxylic acid groups (broad SMARTS) is 2. The summed E-state index contributed by atoms with van der Waals surface area (Å²) >= 11 is 5.52. The van der Waals surface area contributed by atoms with Gasteiger partial charge in [-0.05, 0) is 13.0 Å². The number of aromatic nitrogens is 1. The zero-order valence-electron chi connectivity index (χ0n) is 7.11. The smallest absolute Gasteiger partial charge is 0.339 e. The SMILES string of the molecule is Cc1cc(C(=O)O)c(C(=O)O)c(Cl)n1. The summed E-state index contributed by atoms with van der Waals surface area (Å²) in [6.07, 6.45) is 0. The third kappa shape index (κ3) is 1.82. The molecule has 2 N–H and O–H groups in total. The highest BCUT2D eigenvalue weighted by molar-refractivity contribution is 6.33. The molecule has 0 aliphatic carbocycles. The van der Waals surface area contributed by atoms with Crippen LogP contribution < -0.4 is 0 Å². The van der Waals surface area contributed by atoms with Crippen LogP contribution in [0.25, 0.3) is 0 Å². The van der Waals surface area contributed by atoms with Crippen LogP contribution in [0.4, 0.5) is 0 Å². The number of hydrogen-bond acceptors (Lipinski definition) is 3. The van der Waals surface area contributed by atoms with Crippen LogP contribution >= 0.6 is 11.6 Å². The number of aryl methyl sites for hydroxylation is 1. The van der Waals surface area contributed by atoms with Gasteiger partial charge < -0.3 is 10.2 Å². The van der Waals surface area contributed by atoms with E-state index in [0.717, 1.165) is 6.07 Å². The van der Waals surface area contributed by atoms with Crippen molar-refractivity contribution in [3.05, 3.63) is 28.0 Å². The van der Waals surface area contributed by atoms with Crippen molar-refractivity contribution in [2.45, 2.75) is 6.92 Å². The summed E-state index contributed by atoms with van der Waals surface area (Å²) in [7, 11) is 0. The Balaban J connectivity index is 3.52. The molecule has 0 fully saturated rings. The first-order valence-corrected chi connectivity index (χ1v) is 3.95. The van der Waals surface area contributed by atoms with E-state index in [1.54, 1.807) is 0 Å². The van der Waals surface area contributed by atoms with Gasteiger partial charge in [-0.25, -0.2) is 14.6 Å². The molecule has 0 amide bonds. The van der Waals surface area contributed by atoms with Crippen LogP contribution in [0.15, 0.2) is 6.07 Å². The first-order chi connectivity index (χ1) is 6.43. The maximum atomic E-state index is 10.7. The molecule has 0 unspecified atom stereocenters. The van der Waals surface area contributed by atoms with Gasteiger partial charge in [0, 0.05) is 5.69 Å². The quantitative estimate of drug-likeness (QED) is 0.729. The number of carbonyl (C=O) groups is 2. The molecule has 0 saturated heterocycles. The lowest BCUT2D eigenvalue weighted by molar-refractivity contribution is 0.0651. The Labute approximate surface area is 84.0 Å². The topological polar surface area (TPSA) is 87.5 Å². The van der Waals surface area contributed by atoms with Crippen molar-refractivity contribution in [2.24, 2.45) is 0 Å². The van der Waals surface area contributed by atoms with Crippen LogP contribution in [0.3, 0.4) is 0 Å². The minimum absolute atomic E-state index is 0.310. The third-order valence-corrected chi connectivity index (χ3v) is 1.82. The summed E-state index contributed by atoms with van der Waals surface area (Å²) in [4.78, 5) is 25.0. The van der Waals surface area contributed by atoms with Crippen molar-refractivity contribution < 1.29 is 19.8 Å². The summed E-state index contributed by atoms with van der Waals surface area (Å²) in [5.74, 6) is -2.74. The Morgan fingerprint density at radius 2 is 1.93 bits per heavy atom. The first kappa shape index (κ1) is 10.5. The van der Waals surface area contributed by atoms with Gasteiger partial charge in [0.2, 0.25) is 0 Å². The van der Waals surface area contributed by atoms with Crippen LogP contribution in [-0.2, 0) is 0 Å². The van der Waals surface area contributed by atoms with E-state index in [9.17, 15) is 9.59 Å². The van der Waals surface area contributed by atoms with Crippen molar-refractivity contribution in [3.63, 3.8) is 0 Å². The van der Waals surface area contributed by atoms with Gasteiger partial charge >= 0.3 is 11.9 Å². The standard InChI is InChI=1S/C8H6ClNO4/c1-3-2-4(7(11)12)5(8(13)14)6(9)10-3/h2H,1H3,(H,11,12)(H,13,14). The molecular weight excluding hydrogens is 210 g/mol. The monoisotopic (exact) mass is 215 g/mol. The molecule has 0 radical (unpaired) electrons. The van der Waals surface area contributed by atoms with Crippen LogP contribution in [0.1, 0.15) is 26.4 Å². The minimum atomic E-state index is -1.40. The fourth-order valence-electron chi connectivity index (χ4n) is 1.01. The van der Waals surface area contributed by atoms with E-state index >= 15 is 0 Å². The van der Waals surface area contributed by atoms with Crippen LogP contribution in [0, 0.1) is 6.92 Å². The van der Waals surface area contributed by atoms with E-state index in [1.165, 1.54) is 6.92 Å². The minimum Gasteiger partial charge on any atom is -0.478 e. The van der Waals surface area contributed by atoms with Crippen molar-refractivity contribution >= 4 is 23.5 Å². The Hall–Kier alpha value is -1.62. The number of nitrogens with zero attached hydrogens (tertiary/aromatic N) is 1. The van der Waals surface area contributed by atoms with Gasteiger partial charge in [-0.1, -0.05) is 11.6 Å². The molecule has 1 rings (SSSR count). The molecule has 1 aromatic heterocycles. The molecule has 74 valence electrons. The summed E-state index contributed by atoms with van der Waals surface area (Å²) in [6, 6.07) is 1.16. The molecule has 0 aliphatic rings. The fourth-order valence-corrected chi connectivity index (χ4v) is 1.32. The molecule has 0 bridgehead atoms. The van der Waals surface area contributed by atoms with Gasteiger partial charge in [-0.15, -0.1) is 0 Å². The van der Waals surface area contributed by atoms with Crippen molar-refractivity contribution in [1.82, 2.24) is 4.98 Å². The van der Waals surface area contributed by atoms with Crippen molar-refractivity contribution in [2.75, 3.05) is 0 Å². The summed E-state index contributed by atoms with van der Waals surface area (Å²) in [5, 5.41) is 17.1. The maximum Gasteiger partial charge on any atom is 0.339 e. The number of carboxylic acids is 2. The maximum absolute atomic E-state index is 10.7. The molecule has 0 aliphatic heterocycles. The highest BCUT2D eigenvalue weighted by Crippen LogP contribution is 2.19. The Morgan fingerprint density at radius 3 is 2.36 bits per heavy atom. The van der Waals surface area contributed by atoms with E-state index in [1.807, 2.05) is 0 Å². The predicted molar refractivity (Wildman–Crippen MR) is 47.9 cm³/mol. The number of rotatable bonds is 2. The van der Waals surface area contributed by atoms with Gasteiger partial charge in [0.1, 0.15) is 10.7 Å². The molecule has 14 heavy (non-hydrogen) atoms. The Kier molecular flexibility index (Phi) is 2.71. The first-order valence-electron chi connectivity index (χ1n) is 3.57. The largest absolute Gasteiger partial charge is 0.478 e. The second-order valence-electron chi connectivity index (χ2n) is 2.59. The average Bonchev–Trinajstić information content (AvgIpc) is 2.01. The molecule has 5 nitrogen and oxygen atoms in total. The molecule has 1 heterocycles. The van der Waals surface area contributed by atoms with Crippen molar-refractivity contribution in [3.8, 4) is 0 Å². The van der Waals surface area contributed by atoms with Crippen LogP contribution in [0.2, 0.25) is 5.15 Å². The molecule has 0 spiro atoms. The Bertz CT molecular complexity index is 416. The normalized spacial score (nSPS) is 9.86. The fraction of sp³-hybridized carbons (Fsp3) is 0.125. The molecular formula is C8H6ClNO4. The summed E-state index contributed by atoms with van der Waals surface area (Å²) < 4.78 is 0. The lowest BCUT2D eigenvalue weighted by atomic mass is 10.1. The second-order valence-corrected chi connectivity index (χ2v) is 2.95. The van der Waals surface area contributed by atoms with Gasteiger partial charge in [0.25, 0.3) is 0 Å². The average molecular weight is 216 g/mol. The summed E-state index contributed by atoms with van der Waals surface area (Å²) in [6.45, 7) is 1.53. The van der Waals surface area contributed by atoms with E-state index in [4.69, 9.17) is 21.8 Å². The zero-order chi connectivity index (χ0) is 10.9. The summed E-state index contributed by atoms with van der Waals surface area (Å²) in [5.41, 5.74) is -0.475. The van der Waals surface area contributed by atoms with Gasteiger partial charge in [-0.3, -0.25) is 0 Å². The number of pyridine rings is 1. The molecule has 0 aromatic carbocycles. The van der Waals surface area contributed by atoms with Crippen LogP contribution in [-0.4, -0.2) is 27.1 Å². The number of hydrogen-bond donors (Lipinski definition) is 2. The van der Waals surface area contributed by atoms with E-state index < -0.39 is 17.5 Å². The van der Waals surface area contributed by atoms with Crippen LogP contribution in [0.5, 0.6) is 0 Å². The molecule has 1 aromatic rings. The lowest BCUT2D eigenvalue weighted by Crippen LogP contribution is -2.10. The highest BCUT2D eigenvalue weighted by atomic mass is 35.5. The third-order valence-electron chi connectivity index (χ3n) is 1.55. The zero-order valence-corrected chi connectivity index (χ0v) is 7.87. The van der Waals surface area contributed by atoms with E-state index in [-0.39, 0.29) is 10.7 Å².